The SMILES string of the molecule is CCCCCCCCCC(CC(C1=CCCCC1)C1=CCCCC1)(OC(C)C)OC(C)C. The Hall–Kier alpha value is -0.600. The standard InChI is InChI=1S/C30H54O2/c1-6-7-8-9-10-11-18-23-30(31-25(2)3,32-26(4)5)24-29(27-19-14-12-15-20-27)28-21-16-13-17-22-28/h19,21,25-26,29H,6-18,20,22-24H2,1-5H3. The Morgan fingerprint density at radius 3 is 1.66 bits per heavy atom. The van der Waals surface area contributed by atoms with Gasteiger partial charge in [-0.25, -0.2) is 0 Å². The van der Waals surface area contributed by atoms with E-state index in [-0.39, 0.29) is 12.2 Å². The van der Waals surface area contributed by atoms with Crippen molar-refractivity contribution in [3.8, 4) is 0 Å². The Labute approximate surface area is 200 Å². The van der Waals surface area contributed by atoms with E-state index in [0.717, 1.165) is 12.8 Å². The third-order valence-corrected chi connectivity index (χ3v) is 7.12. The van der Waals surface area contributed by atoms with Gasteiger partial charge in [-0.2, -0.15) is 0 Å². The van der Waals surface area contributed by atoms with Gasteiger partial charge >= 0.3 is 0 Å². The van der Waals surface area contributed by atoms with E-state index in [9.17, 15) is 0 Å². The Balaban J connectivity index is 2.17. The highest BCUT2D eigenvalue weighted by atomic mass is 16.7. The molecular formula is C30H54O2. The summed E-state index contributed by atoms with van der Waals surface area (Å²) in [5.41, 5.74) is 3.35. The second-order valence-electron chi connectivity index (χ2n) is 10.9. The second kappa shape index (κ2) is 15.3. The summed E-state index contributed by atoms with van der Waals surface area (Å²) in [6, 6.07) is 0. The van der Waals surface area contributed by atoms with E-state index in [1.807, 2.05) is 0 Å². The second-order valence-corrected chi connectivity index (χ2v) is 10.9. The molecule has 2 aliphatic carbocycles. The molecule has 0 spiro atoms. The molecule has 0 atom stereocenters. The van der Waals surface area contributed by atoms with Gasteiger partial charge in [0.15, 0.2) is 5.79 Å². The molecule has 0 unspecified atom stereocenters. The van der Waals surface area contributed by atoms with E-state index < -0.39 is 5.79 Å². The molecule has 0 N–H and O–H groups in total. The van der Waals surface area contributed by atoms with Crippen LogP contribution >= 0.6 is 0 Å². The van der Waals surface area contributed by atoms with Crippen molar-refractivity contribution < 1.29 is 9.47 Å². The number of ether oxygens (including phenoxy) is 2. The summed E-state index contributed by atoms with van der Waals surface area (Å²) in [4.78, 5) is 0. The first-order valence-corrected chi connectivity index (χ1v) is 14.2. The molecule has 2 aliphatic rings. The van der Waals surface area contributed by atoms with Crippen molar-refractivity contribution in [3.63, 3.8) is 0 Å². The topological polar surface area (TPSA) is 18.5 Å². The van der Waals surface area contributed by atoms with Gasteiger partial charge in [0.1, 0.15) is 0 Å². The predicted molar refractivity (Wildman–Crippen MR) is 139 cm³/mol. The quantitative estimate of drug-likeness (QED) is 0.133. The third kappa shape index (κ3) is 10.1. The first kappa shape index (κ1) is 27.6. The highest BCUT2D eigenvalue weighted by Gasteiger charge is 2.39. The normalized spacial score (nSPS) is 17.9. The van der Waals surface area contributed by atoms with Gasteiger partial charge in [0.2, 0.25) is 0 Å². The lowest BCUT2D eigenvalue weighted by atomic mass is 9.76. The predicted octanol–water partition coefficient (Wildman–Crippen LogP) is 9.68. The van der Waals surface area contributed by atoms with Crippen LogP contribution in [-0.4, -0.2) is 18.0 Å². The maximum absolute atomic E-state index is 6.73. The van der Waals surface area contributed by atoms with Gasteiger partial charge < -0.3 is 9.47 Å². The minimum Gasteiger partial charge on any atom is -0.347 e. The summed E-state index contributed by atoms with van der Waals surface area (Å²) < 4.78 is 13.5. The third-order valence-electron chi connectivity index (χ3n) is 7.12. The van der Waals surface area contributed by atoms with E-state index in [2.05, 4.69) is 46.8 Å². The fourth-order valence-electron chi connectivity index (χ4n) is 5.72. The van der Waals surface area contributed by atoms with E-state index in [0.29, 0.717) is 5.92 Å². The first-order chi connectivity index (χ1) is 15.5. The molecule has 0 aromatic carbocycles. The zero-order valence-electron chi connectivity index (χ0n) is 22.2. The van der Waals surface area contributed by atoms with Gasteiger partial charge in [0.05, 0.1) is 12.2 Å². The highest BCUT2D eigenvalue weighted by Crippen LogP contribution is 2.42. The Bertz CT molecular complexity index is 521. The molecule has 0 heterocycles. The van der Waals surface area contributed by atoms with Crippen molar-refractivity contribution in [2.24, 2.45) is 5.92 Å². The Kier molecular flexibility index (Phi) is 13.2. The summed E-state index contributed by atoms with van der Waals surface area (Å²) in [5.74, 6) is 0.0464. The van der Waals surface area contributed by atoms with Crippen LogP contribution in [0.25, 0.3) is 0 Å². The fraction of sp³-hybridized carbons (Fsp3) is 0.867. The average Bonchev–Trinajstić information content (AvgIpc) is 2.77. The van der Waals surface area contributed by atoms with Gasteiger partial charge in [0, 0.05) is 18.8 Å². The zero-order chi connectivity index (χ0) is 23.2. The molecule has 2 nitrogen and oxygen atoms in total. The van der Waals surface area contributed by atoms with Crippen LogP contribution in [0.3, 0.4) is 0 Å². The van der Waals surface area contributed by atoms with Crippen LogP contribution in [0.2, 0.25) is 0 Å². The van der Waals surface area contributed by atoms with Crippen molar-refractivity contribution in [1.29, 1.82) is 0 Å². The highest BCUT2D eigenvalue weighted by molar-refractivity contribution is 5.24. The number of hydrogen-bond acceptors (Lipinski definition) is 2. The molecule has 0 aromatic heterocycles. The van der Waals surface area contributed by atoms with Crippen molar-refractivity contribution >= 4 is 0 Å². The van der Waals surface area contributed by atoms with Gasteiger partial charge in [-0.15, -0.1) is 0 Å². The van der Waals surface area contributed by atoms with Gasteiger partial charge in [0.25, 0.3) is 0 Å². The monoisotopic (exact) mass is 446 g/mol. The van der Waals surface area contributed by atoms with Crippen LogP contribution in [-0.2, 0) is 9.47 Å². The smallest absolute Gasteiger partial charge is 0.169 e. The first-order valence-electron chi connectivity index (χ1n) is 14.2. The van der Waals surface area contributed by atoms with Crippen molar-refractivity contribution in [3.05, 3.63) is 23.3 Å². The summed E-state index contributed by atoms with van der Waals surface area (Å²) in [7, 11) is 0. The van der Waals surface area contributed by atoms with Crippen LogP contribution in [0.15, 0.2) is 23.3 Å². The average molecular weight is 447 g/mol. The lowest BCUT2D eigenvalue weighted by Gasteiger charge is -2.41. The lowest BCUT2D eigenvalue weighted by molar-refractivity contribution is -0.278. The summed E-state index contributed by atoms with van der Waals surface area (Å²) >= 11 is 0. The lowest BCUT2D eigenvalue weighted by Crippen LogP contribution is -2.43. The maximum Gasteiger partial charge on any atom is 0.169 e. The van der Waals surface area contributed by atoms with Gasteiger partial charge in [-0.1, -0.05) is 68.7 Å². The molecule has 0 bridgehead atoms. The summed E-state index contributed by atoms with van der Waals surface area (Å²) in [6.45, 7) is 11.0. The molecular weight excluding hydrogens is 392 g/mol. The van der Waals surface area contributed by atoms with E-state index >= 15 is 0 Å². The molecule has 0 radical (unpaired) electrons. The molecule has 0 aromatic rings. The molecule has 0 fully saturated rings. The molecule has 2 heteroatoms. The molecule has 32 heavy (non-hydrogen) atoms. The molecule has 0 saturated heterocycles. The Morgan fingerprint density at radius 2 is 1.22 bits per heavy atom. The fourth-order valence-corrected chi connectivity index (χ4v) is 5.72. The van der Waals surface area contributed by atoms with Crippen LogP contribution in [0.1, 0.15) is 144 Å². The zero-order valence-corrected chi connectivity index (χ0v) is 22.2. The molecule has 186 valence electrons. The molecule has 0 saturated carbocycles. The van der Waals surface area contributed by atoms with Crippen molar-refractivity contribution in [2.45, 2.75) is 162 Å². The minimum absolute atomic E-state index is 0.180. The number of hydrogen-bond donors (Lipinski definition) is 0. The van der Waals surface area contributed by atoms with E-state index in [4.69, 9.17) is 9.47 Å². The number of rotatable bonds is 16. The Morgan fingerprint density at radius 1 is 0.719 bits per heavy atom. The number of unbranched alkanes of at least 4 members (excludes halogenated alkanes) is 6. The van der Waals surface area contributed by atoms with Crippen molar-refractivity contribution in [2.75, 3.05) is 0 Å². The minimum atomic E-state index is -0.465. The largest absolute Gasteiger partial charge is 0.347 e. The molecule has 0 aliphatic heterocycles. The van der Waals surface area contributed by atoms with Crippen LogP contribution < -0.4 is 0 Å². The molecule has 2 rings (SSSR count). The number of allylic oxidation sites excluding steroid dienone is 4. The van der Waals surface area contributed by atoms with Gasteiger partial charge in [-0.3, -0.25) is 0 Å². The summed E-state index contributed by atoms with van der Waals surface area (Å²) in [5, 5.41) is 0. The van der Waals surface area contributed by atoms with Gasteiger partial charge in [-0.05, 0) is 85.5 Å². The van der Waals surface area contributed by atoms with Crippen LogP contribution in [0.4, 0.5) is 0 Å². The van der Waals surface area contributed by atoms with E-state index in [1.54, 1.807) is 11.1 Å². The van der Waals surface area contributed by atoms with E-state index in [1.165, 1.54) is 96.3 Å². The van der Waals surface area contributed by atoms with Crippen molar-refractivity contribution in [1.82, 2.24) is 0 Å². The van der Waals surface area contributed by atoms with Crippen LogP contribution in [0, 0.1) is 5.92 Å². The maximum atomic E-state index is 6.73. The molecule has 0 amide bonds. The van der Waals surface area contributed by atoms with Crippen LogP contribution in [0.5, 0.6) is 0 Å². The summed E-state index contributed by atoms with van der Waals surface area (Å²) in [6.07, 6.45) is 27.2.